The van der Waals surface area contributed by atoms with Gasteiger partial charge >= 0.3 is 0 Å². The second-order valence-corrected chi connectivity index (χ2v) is 8.63. The maximum absolute atomic E-state index is 11.5. The number of nitrogens with zero attached hydrogens (tertiary/aromatic N) is 2. The summed E-state index contributed by atoms with van der Waals surface area (Å²) in [5.41, 5.74) is 0.279. The maximum Gasteiger partial charge on any atom is 0.211 e. The zero-order valence-electron chi connectivity index (χ0n) is 14.3. The Hall–Kier alpha value is -1.60. The van der Waals surface area contributed by atoms with Crippen molar-refractivity contribution in [3.05, 3.63) is 29.8 Å². The van der Waals surface area contributed by atoms with Crippen molar-refractivity contribution in [2.45, 2.75) is 31.9 Å². The summed E-state index contributed by atoms with van der Waals surface area (Å²) in [4.78, 5) is 14.5. The van der Waals surface area contributed by atoms with E-state index >= 15 is 0 Å². The number of unbranched alkanes of at least 4 members (excludes halogenated alkanes) is 1. The van der Waals surface area contributed by atoms with E-state index in [4.69, 9.17) is 0 Å². The molecule has 0 radical (unpaired) electrons. The minimum absolute atomic E-state index is 0.170. The van der Waals surface area contributed by atoms with E-state index in [2.05, 4.69) is 0 Å². The summed E-state index contributed by atoms with van der Waals surface area (Å²) in [6, 6.07) is 7.38. The molecule has 24 heavy (non-hydrogen) atoms. The van der Waals surface area contributed by atoms with Crippen molar-refractivity contribution < 1.29 is 18.3 Å². The summed E-state index contributed by atoms with van der Waals surface area (Å²) in [5.74, 6) is 0.339. The Morgan fingerprint density at radius 1 is 1.25 bits per heavy atom. The second kappa shape index (κ2) is 7.53. The van der Waals surface area contributed by atoms with Gasteiger partial charge in [0, 0.05) is 31.4 Å². The zero-order valence-corrected chi connectivity index (χ0v) is 15.1. The fourth-order valence-electron chi connectivity index (χ4n) is 2.94. The van der Waals surface area contributed by atoms with Crippen LogP contribution >= 0.6 is 0 Å². The van der Waals surface area contributed by atoms with Gasteiger partial charge in [0.15, 0.2) is 15.6 Å². The minimum atomic E-state index is -2.91. The highest BCUT2D eigenvalue weighted by molar-refractivity contribution is 7.91. The van der Waals surface area contributed by atoms with Gasteiger partial charge in [-0.2, -0.15) is 0 Å². The molecule has 1 aliphatic heterocycles. The Morgan fingerprint density at radius 2 is 1.83 bits per heavy atom. The average molecular weight is 354 g/mol. The van der Waals surface area contributed by atoms with E-state index in [0.717, 1.165) is 18.5 Å². The number of carbonyl (C=O) groups excluding carboxylic acids is 1. The lowest BCUT2D eigenvalue weighted by atomic mass is 9.95. The van der Waals surface area contributed by atoms with Crippen LogP contribution in [-0.4, -0.2) is 56.5 Å². The molecule has 0 spiro atoms. The predicted molar refractivity (Wildman–Crippen MR) is 94.6 cm³/mol. The molecule has 1 atom stereocenters. The summed E-state index contributed by atoms with van der Waals surface area (Å²) < 4.78 is 23.0. The second-order valence-electron chi connectivity index (χ2n) is 6.32. The molecule has 1 aromatic rings. The van der Waals surface area contributed by atoms with Gasteiger partial charge in [-0.1, -0.05) is 25.5 Å². The Labute approximate surface area is 144 Å². The normalized spacial score (nSPS) is 19.5. The summed E-state index contributed by atoms with van der Waals surface area (Å²) in [7, 11) is -1.33. The number of amides is 1. The highest BCUT2D eigenvalue weighted by Gasteiger charge is 2.33. The number of hydrogen-bond donors (Lipinski definition) is 1. The highest BCUT2D eigenvalue weighted by atomic mass is 32.2. The molecule has 0 saturated carbocycles. The van der Waals surface area contributed by atoms with Gasteiger partial charge in [0.2, 0.25) is 6.41 Å². The SMILES string of the molecule is CCCCC(O)(c1ccc(N2CCS(=O)(=O)CC2)cc1)N(C)C=O. The fraction of sp³-hybridized carbons (Fsp3) is 0.588. The third-order valence-corrected chi connectivity index (χ3v) is 6.27. The van der Waals surface area contributed by atoms with Crippen molar-refractivity contribution in [1.29, 1.82) is 0 Å². The molecule has 2 rings (SSSR count). The average Bonchev–Trinajstić information content (AvgIpc) is 2.59. The van der Waals surface area contributed by atoms with E-state index in [9.17, 15) is 18.3 Å². The highest BCUT2D eigenvalue weighted by Crippen LogP contribution is 2.31. The van der Waals surface area contributed by atoms with E-state index in [0.29, 0.717) is 31.5 Å². The van der Waals surface area contributed by atoms with Gasteiger partial charge in [0.05, 0.1) is 11.5 Å². The molecule has 0 aliphatic carbocycles. The Kier molecular flexibility index (Phi) is 5.87. The lowest BCUT2D eigenvalue weighted by Crippen LogP contribution is -2.43. The minimum Gasteiger partial charge on any atom is -0.369 e. The first-order valence-electron chi connectivity index (χ1n) is 8.29. The van der Waals surface area contributed by atoms with Crippen LogP contribution in [0.1, 0.15) is 31.7 Å². The molecule has 6 nitrogen and oxygen atoms in total. The van der Waals surface area contributed by atoms with Crippen LogP contribution in [0.15, 0.2) is 24.3 Å². The molecule has 0 aromatic heterocycles. The molecule has 0 bridgehead atoms. The first-order valence-corrected chi connectivity index (χ1v) is 10.1. The largest absolute Gasteiger partial charge is 0.369 e. The Bertz CT molecular complexity index is 646. The third kappa shape index (κ3) is 4.08. The van der Waals surface area contributed by atoms with Crippen LogP contribution in [0, 0.1) is 0 Å². The Balaban J connectivity index is 2.18. The van der Waals surface area contributed by atoms with Crippen LogP contribution in [0.5, 0.6) is 0 Å². The van der Waals surface area contributed by atoms with Gasteiger partial charge in [-0.25, -0.2) is 8.42 Å². The Morgan fingerprint density at radius 3 is 2.33 bits per heavy atom. The molecule has 1 heterocycles. The molecule has 1 unspecified atom stereocenters. The lowest BCUT2D eigenvalue weighted by Gasteiger charge is -2.36. The van der Waals surface area contributed by atoms with E-state index < -0.39 is 15.6 Å². The number of sulfone groups is 1. The molecule has 1 saturated heterocycles. The van der Waals surface area contributed by atoms with Crippen LogP contribution < -0.4 is 4.90 Å². The molecule has 1 amide bonds. The van der Waals surface area contributed by atoms with Crippen molar-refractivity contribution in [3.8, 4) is 0 Å². The van der Waals surface area contributed by atoms with E-state index in [1.54, 1.807) is 7.05 Å². The number of carbonyl (C=O) groups is 1. The van der Waals surface area contributed by atoms with Crippen molar-refractivity contribution >= 4 is 21.9 Å². The van der Waals surface area contributed by atoms with Crippen LogP contribution in [0.4, 0.5) is 5.69 Å². The topological polar surface area (TPSA) is 77.9 Å². The summed E-state index contributed by atoms with van der Waals surface area (Å²) in [6.07, 6.45) is 2.84. The van der Waals surface area contributed by atoms with Gasteiger partial charge in [-0.3, -0.25) is 4.79 Å². The first kappa shape index (κ1) is 18.7. The third-order valence-electron chi connectivity index (χ3n) is 4.66. The van der Waals surface area contributed by atoms with Gasteiger partial charge in [0.1, 0.15) is 0 Å². The predicted octanol–water partition coefficient (Wildman–Crippen LogP) is 1.34. The van der Waals surface area contributed by atoms with Crippen molar-refractivity contribution in [2.75, 3.05) is 36.5 Å². The molecular formula is C17H26N2O4S. The number of benzene rings is 1. The molecule has 1 aliphatic rings. The van der Waals surface area contributed by atoms with Gasteiger partial charge in [-0.15, -0.1) is 0 Å². The number of rotatable bonds is 7. The molecular weight excluding hydrogens is 328 g/mol. The lowest BCUT2D eigenvalue weighted by molar-refractivity contribution is -0.146. The first-order chi connectivity index (χ1) is 11.3. The maximum atomic E-state index is 11.5. The van der Waals surface area contributed by atoms with E-state index in [-0.39, 0.29) is 11.5 Å². The van der Waals surface area contributed by atoms with Crippen molar-refractivity contribution in [3.63, 3.8) is 0 Å². The van der Waals surface area contributed by atoms with Crippen LogP contribution in [-0.2, 0) is 20.4 Å². The van der Waals surface area contributed by atoms with Crippen molar-refractivity contribution in [2.24, 2.45) is 0 Å². The monoisotopic (exact) mass is 354 g/mol. The molecule has 1 fully saturated rings. The molecule has 134 valence electrons. The van der Waals surface area contributed by atoms with Crippen molar-refractivity contribution in [1.82, 2.24) is 4.90 Å². The van der Waals surface area contributed by atoms with E-state index in [1.807, 2.05) is 36.1 Å². The van der Waals surface area contributed by atoms with Crippen LogP contribution in [0.2, 0.25) is 0 Å². The van der Waals surface area contributed by atoms with Gasteiger partial charge in [0.25, 0.3) is 0 Å². The molecule has 1 N–H and O–H groups in total. The van der Waals surface area contributed by atoms with Gasteiger partial charge < -0.3 is 14.9 Å². The van der Waals surface area contributed by atoms with Gasteiger partial charge in [-0.05, 0) is 25.0 Å². The molecule has 1 aromatic carbocycles. The molecule has 7 heteroatoms. The number of aliphatic hydroxyl groups is 1. The standard InChI is InChI=1S/C17H26N2O4S/c1-3-4-9-17(21,18(2)14-20)15-5-7-16(8-6-15)19-10-12-24(22,23)13-11-19/h5-8,14,21H,3-4,9-13H2,1-2H3. The summed E-state index contributed by atoms with van der Waals surface area (Å²) in [6.45, 7) is 3.00. The van der Waals surface area contributed by atoms with Crippen LogP contribution in [0.3, 0.4) is 0 Å². The summed E-state index contributed by atoms with van der Waals surface area (Å²) in [5, 5.41) is 11.0. The quantitative estimate of drug-likeness (QED) is 0.591. The zero-order chi connectivity index (χ0) is 17.8. The fourth-order valence-corrected chi connectivity index (χ4v) is 4.15. The number of anilines is 1. The van der Waals surface area contributed by atoms with E-state index in [1.165, 1.54) is 4.90 Å². The summed E-state index contributed by atoms with van der Waals surface area (Å²) >= 11 is 0. The number of hydrogen-bond acceptors (Lipinski definition) is 5. The smallest absolute Gasteiger partial charge is 0.211 e. The van der Waals surface area contributed by atoms with Crippen LogP contribution in [0.25, 0.3) is 0 Å².